The Morgan fingerprint density at radius 1 is 1.47 bits per heavy atom. The summed E-state index contributed by atoms with van der Waals surface area (Å²) in [4.78, 5) is 4.74. The molecule has 2 rings (SSSR count). The standard InChI is InChI=1S/C12H20N2S/c1-3-12(13,4-2)10-8-15-11(14-10)9-6-5-7-9/h8-9H,3-7,13H2,1-2H3. The van der Waals surface area contributed by atoms with Crippen molar-refractivity contribution in [1.82, 2.24) is 4.98 Å². The van der Waals surface area contributed by atoms with Crippen LogP contribution in [-0.2, 0) is 5.54 Å². The fourth-order valence-corrected chi connectivity index (χ4v) is 3.07. The normalized spacial score (nSPS) is 17.8. The van der Waals surface area contributed by atoms with Gasteiger partial charge in [0.05, 0.1) is 16.2 Å². The third-order valence-electron chi connectivity index (χ3n) is 3.75. The highest BCUT2D eigenvalue weighted by Crippen LogP contribution is 2.39. The highest BCUT2D eigenvalue weighted by atomic mass is 32.1. The first-order valence-electron chi connectivity index (χ1n) is 5.94. The predicted octanol–water partition coefficient (Wildman–Crippen LogP) is 3.38. The van der Waals surface area contributed by atoms with Crippen LogP contribution >= 0.6 is 11.3 Å². The Hall–Kier alpha value is -0.410. The van der Waals surface area contributed by atoms with Crippen molar-refractivity contribution in [1.29, 1.82) is 0 Å². The molecule has 1 aliphatic rings. The van der Waals surface area contributed by atoms with Gasteiger partial charge in [0.2, 0.25) is 0 Å². The molecule has 0 saturated heterocycles. The summed E-state index contributed by atoms with van der Waals surface area (Å²) < 4.78 is 0. The molecule has 0 amide bonds. The Morgan fingerprint density at radius 3 is 2.60 bits per heavy atom. The van der Waals surface area contributed by atoms with Gasteiger partial charge in [-0.1, -0.05) is 20.3 Å². The molecule has 0 unspecified atom stereocenters. The minimum atomic E-state index is -0.196. The zero-order chi connectivity index (χ0) is 10.9. The third kappa shape index (κ3) is 1.95. The summed E-state index contributed by atoms with van der Waals surface area (Å²) >= 11 is 1.80. The van der Waals surface area contributed by atoms with E-state index in [1.807, 2.05) is 0 Å². The molecule has 2 nitrogen and oxygen atoms in total. The van der Waals surface area contributed by atoms with Crippen molar-refractivity contribution in [3.8, 4) is 0 Å². The Kier molecular flexibility index (Phi) is 3.12. The minimum absolute atomic E-state index is 0.196. The van der Waals surface area contributed by atoms with E-state index in [2.05, 4.69) is 19.2 Å². The monoisotopic (exact) mass is 224 g/mol. The topological polar surface area (TPSA) is 38.9 Å². The number of nitrogens with two attached hydrogens (primary N) is 1. The maximum atomic E-state index is 6.33. The molecule has 1 fully saturated rings. The minimum Gasteiger partial charge on any atom is -0.320 e. The number of nitrogens with zero attached hydrogens (tertiary/aromatic N) is 1. The van der Waals surface area contributed by atoms with Gasteiger partial charge in [-0.15, -0.1) is 11.3 Å². The molecule has 1 saturated carbocycles. The largest absolute Gasteiger partial charge is 0.320 e. The molecular weight excluding hydrogens is 204 g/mol. The van der Waals surface area contributed by atoms with Crippen LogP contribution in [0.25, 0.3) is 0 Å². The van der Waals surface area contributed by atoms with Crippen LogP contribution in [0.3, 0.4) is 0 Å². The van der Waals surface area contributed by atoms with Crippen LogP contribution in [0.2, 0.25) is 0 Å². The van der Waals surface area contributed by atoms with Gasteiger partial charge >= 0.3 is 0 Å². The lowest BCUT2D eigenvalue weighted by Gasteiger charge is -2.25. The molecule has 0 atom stereocenters. The summed E-state index contributed by atoms with van der Waals surface area (Å²) in [6.45, 7) is 4.29. The molecule has 0 spiro atoms. The van der Waals surface area contributed by atoms with Crippen LogP contribution in [0.1, 0.15) is 62.6 Å². The van der Waals surface area contributed by atoms with Crippen LogP contribution in [0.4, 0.5) is 0 Å². The van der Waals surface area contributed by atoms with Crippen LogP contribution in [0.5, 0.6) is 0 Å². The molecule has 84 valence electrons. The lowest BCUT2D eigenvalue weighted by Crippen LogP contribution is -2.35. The first-order valence-corrected chi connectivity index (χ1v) is 6.82. The van der Waals surface area contributed by atoms with E-state index >= 15 is 0 Å². The number of thiazole rings is 1. The van der Waals surface area contributed by atoms with Crippen molar-refractivity contribution in [3.63, 3.8) is 0 Å². The molecule has 0 aromatic carbocycles. The molecule has 1 heterocycles. The summed E-state index contributed by atoms with van der Waals surface area (Å²) in [5.74, 6) is 0.738. The Balaban J connectivity index is 2.18. The van der Waals surface area contributed by atoms with Crippen molar-refractivity contribution in [3.05, 3.63) is 16.1 Å². The molecule has 0 aliphatic heterocycles. The third-order valence-corrected chi connectivity index (χ3v) is 4.76. The van der Waals surface area contributed by atoms with Crippen molar-refractivity contribution in [2.45, 2.75) is 57.4 Å². The molecule has 2 N–H and O–H groups in total. The first-order chi connectivity index (χ1) is 7.19. The second-order valence-corrected chi connectivity index (χ2v) is 5.45. The Morgan fingerprint density at radius 2 is 2.13 bits per heavy atom. The van der Waals surface area contributed by atoms with Crippen LogP contribution in [-0.4, -0.2) is 4.98 Å². The van der Waals surface area contributed by atoms with Gasteiger partial charge in [-0.05, 0) is 25.7 Å². The van der Waals surface area contributed by atoms with E-state index in [9.17, 15) is 0 Å². The smallest absolute Gasteiger partial charge is 0.0960 e. The van der Waals surface area contributed by atoms with E-state index in [1.165, 1.54) is 24.3 Å². The highest BCUT2D eigenvalue weighted by Gasteiger charge is 2.28. The van der Waals surface area contributed by atoms with Crippen LogP contribution in [0, 0.1) is 0 Å². The molecule has 1 aromatic heterocycles. The van der Waals surface area contributed by atoms with Gasteiger partial charge in [0.1, 0.15) is 0 Å². The molecular formula is C12H20N2S. The van der Waals surface area contributed by atoms with Crippen molar-refractivity contribution in [2.24, 2.45) is 5.73 Å². The number of hydrogen-bond acceptors (Lipinski definition) is 3. The van der Waals surface area contributed by atoms with E-state index in [4.69, 9.17) is 10.7 Å². The quantitative estimate of drug-likeness (QED) is 0.851. The SMILES string of the molecule is CCC(N)(CC)c1csc(C2CCC2)n1. The van der Waals surface area contributed by atoms with Crippen LogP contribution < -0.4 is 5.73 Å². The van der Waals surface area contributed by atoms with E-state index in [1.54, 1.807) is 11.3 Å². The predicted molar refractivity (Wildman–Crippen MR) is 65.2 cm³/mol. The second kappa shape index (κ2) is 4.22. The van der Waals surface area contributed by atoms with E-state index in [-0.39, 0.29) is 5.54 Å². The Labute approximate surface area is 95.9 Å². The van der Waals surface area contributed by atoms with Crippen LogP contribution in [0.15, 0.2) is 5.38 Å². The molecule has 0 bridgehead atoms. The van der Waals surface area contributed by atoms with E-state index in [0.717, 1.165) is 24.5 Å². The summed E-state index contributed by atoms with van der Waals surface area (Å²) in [6, 6.07) is 0. The zero-order valence-corrected chi connectivity index (χ0v) is 10.4. The average molecular weight is 224 g/mol. The van der Waals surface area contributed by atoms with Gasteiger partial charge in [-0.3, -0.25) is 0 Å². The van der Waals surface area contributed by atoms with Gasteiger partial charge in [0.25, 0.3) is 0 Å². The average Bonchev–Trinajstić information content (AvgIpc) is 2.63. The van der Waals surface area contributed by atoms with Gasteiger partial charge < -0.3 is 5.73 Å². The molecule has 1 aliphatic carbocycles. The zero-order valence-electron chi connectivity index (χ0n) is 9.62. The lowest BCUT2D eigenvalue weighted by atomic mass is 9.86. The summed E-state index contributed by atoms with van der Waals surface area (Å²) in [7, 11) is 0. The first kappa shape index (κ1) is 11.1. The van der Waals surface area contributed by atoms with Crippen molar-refractivity contribution >= 4 is 11.3 Å². The number of rotatable bonds is 4. The van der Waals surface area contributed by atoms with Gasteiger partial charge in [0.15, 0.2) is 0 Å². The van der Waals surface area contributed by atoms with E-state index in [0.29, 0.717) is 0 Å². The molecule has 15 heavy (non-hydrogen) atoms. The van der Waals surface area contributed by atoms with Crippen molar-refractivity contribution < 1.29 is 0 Å². The van der Waals surface area contributed by atoms with Crippen molar-refractivity contribution in [2.75, 3.05) is 0 Å². The maximum Gasteiger partial charge on any atom is 0.0960 e. The maximum absolute atomic E-state index is 6.33. The highest BCUT2D eigenvalue weighted by molar-refractivity contribution is 7.09. The lowest BCUT2D eigenvalue weighted by molar-refractivity contribution is 0.391. The number of aromatic nitrogens is 1. The second-order valence-electron chi connectivity index (χ2n) is 4.56. The molecule has 1 aromatic rings. The van der Waals surface area contributed by atoms with Gasteiger partial charge in [-0.2, -0.15) is 0 Å². The van der Waals surface area contributed by atoms with E-state index < -0.39 is 0 Å². The van der Waals surface area contributed by atoms with Gasteiger partial charge in [0, 0.05) is 11.3 Å². The molecule has 3 heteroatoms. The summed E-state index contributed by atoms with van der Waals surface area (Å²) in [6.07, 6.45) is 5.95. The fraction of sp³-hybridized carbons (Fsp3) is 0.750. The summed E-state index contributed by atoms with van der Waals surface area (Å²) in [5.41, 5.74) is 7.25. The van der Waals surface area contributed by atoms with Gasteiger partial charge in [-0.25, -0.2) is 4.98 Å². The fourth-order valence-electron chi connectivity index (χ4n) is 1.97. The number of hydrogen-bond donors (Lipinski definition) is 1. The molecule has 0 radical (unpaired) electrons. The summed E-state index contributed by atoms with van der Waals surface area (Å²) in [5, 5.41) is 3.48. The Bertz CT molecular complexity index is 324.